The van der Waals surface area contributed by atoms with Crippen molar-refractivity contribution in [3.05, 3.63) is 50.2 Å². The number of sulfone groups is 1. The molecule has 3 aromatic rings. The first-order chi connectivity index (χ1) is 18.3. The molecule has 5 rings (SSSR count). The fourth-order valence-electron chi connectivity index (χ4n) is 4.24. The molecule has 10 nitrogen and oxygen atoms in total. The second-order valence-corrected chi connectivity index (χ2v) is 11.9. The molecule has 1 aromatic carbocycles. The molecule has 0 unspecified atom stereocenters. The number of carbonyl (C=O) groups excluding carboxylic acids is 1. The molecule has 0 radical (unpaired) electrons. The van der Waals surface area contributed by atoms with Gasteiger partial charge in [-0.15, -0.1) is 0 Å². The molecule has 0 spiro atoms. The van der Waals surface area contributed by atoms with Gasteiger partial charge in [-0.2, -0.15) is 18.2 Å². The van der Waals surface area contributed by atoms with E-state index in [9.17, 15) is 36.0 Å². The van der Waals surface area contributed by atoms with Crippen LogP contribution in [0.3, 0.4) is 0 Å². The largest absolute Gasteiger partial charge is 0.416 e. The van der Waals surface area contributed by atoms with Crippen LogP contribution in [0.4, 0.5) is 18.9 Å². The van der Waals surface area contributed by atoms with E-state index < -0.39 is 32.8 Å². The van der Waals surface area contributed by atoms with Crippen molar-refractivity contribution in [3.63, 3.8) is 0 Å². The Bertz CT molecular complexity index is 1800. The fourth-order valence-corrected chi connectivity index (χ4v) is 6.08. The Kier molecular flexibility index (Phi) is 6.45. The van der Waals surface area contributed by atoms with Gasteiger partial charge in [0, 0.05) is 31.3 Å². The summed E-state index contributed by atoms with van der Waals surface area (Å²) >= 11 is 0. The number of nitrogens with zero attached hydrogens (tertiary/aromatic N) is 4. The third-order valence-corrected chi connectivity index (χ3v) is 8.52. The molecule has 1 N–H and O–H groups in total. The maximum Gasteiger partial charge on any atom is 0.416 e. The van der Waals surface area contributed by atoms with Crippen molar-refractivity contribution < 1.29 is 26.4 Å². The Labute approximate surface area is 220 Å². The van der Waals surface area contributed by atoms with Crippen molar-refractivity contribution in [2.75, 3.05) is 11.1 Å². The number of hydrogen-bond donors (Lipinski definition) is 1. The van der Waals surface area contributed by atoms with Gasteiger partial charge in [0.25, 0.3) is 5.56 Å². The molecule has 0 atom stereocenters. The lowest BCUT2D eigenvalue weighted by atomic mass is 10.1. The number of alkyl halides is 3. The lowest BCUT2D eigenvalue weighted by Gasteiger charge is -2.11. The first-order valence-corrected chi connectivity index (χ1v) is 13.8. The summed E-state index contributed by atoms with van der Waals surface area (Å²) in [6, 6.07) is 2.94. The van der Waals surface area contributed by atoms with E-state index in [2.05, 4.69) is 22.1 Å². The van der Waals surface area contributed by atoms with Crippen LogP contribution >= 0.6 is 0 Å². The number of aryl methyl sites for hydroxylation is 1. The van der Waals surface area contributed by atoms with Crippen molar-refractivity contribution in [3.8, 4) is 11.8 Å². The van der Waals surface area contributed by atoms with Gasteiger partial charge < -0.3 is 9.88 Å². The molecule has 0 saturated heterocycles. The first kappa shape index (κ1) is 26.7. The number of aromatic nitrogens is 4. The number of halogens is 3. The van der Waals surface area contributed by atoms with Crippen LogP contribution in [0.15, 0.2) is 32.9 Å². The lowest BCUT2D eigenvalue weighted by molar-refractivity contribution is -0.137. The minimum absolute atomic E-state index is 0.0251. The molecule has 1 amide bonds. The molecule has 2 saturated carbocycles. The Balaban J connectivity index is 1.54. The third kappa shape index (κ3) is 5.36. The predicted octanol–water partition coefficient (Wildman–Crippen LogP) is 2.04. The van der Waals surface area contributed by atoms with Gasteiger partial charge in [-0.05, 0) is 49.8 Å². The second kappa shape index (κ2) is 9.41. The SMILES string of the molecule is Cn1c(=O)c2c(nc(S(=O)(=O)CC3CC3)n2C)n(CC#Cc2cc(NC(=O)C3CC3)cc(C(F)(F)F)c2)c1=O. The van der Waals surface area contributed by atoms with Gasteiger partial charge >= 0.3 is 11.9 Å². The topological polar surface area (TPSA) is 125 Å². The number of imidazole rings is 1. The number of anilines is 1. The van der Waals surface area contributed by atoms with Crippen molar-refractivity contribution >= 4 is 32.6 Å². The number of amides is 1. The fraction of sp³-hybridized carbons (Fsp3) is 0.440. The molecule has 2 fully saturated rings. The van der Waals surface area contributed by atoms with Gasteiger partial charge in [-0.3, -0.25) is 18.7 Å². The van der Waals surface area contributed by atoms with Crippen LogP contribution in [0, 0.1) is 23.7 Å². The summed E-state index contributed by atoms with van der Waals surface area (Å²) in [5.74, 6) is 4.52. The van der Waals surface area contributed by atoms with Crippen LogP contribution < -0.4 is 16.6 Å². The quantitative estimate of drug-likeness (QED) is 0.458. The average molecular weight is 564 g/mol. The second-order valence-electron chi connectivity index (χ2n) is 9.95. The molecule has 2 heterocycles. The highest BCUT2D eigenvalue weighted by Gasteiger charge is 2.34. The van der Waals surface area contributed by atoms with E-state index >= 15 is 0 Å². The highest BCUT2D eigenvalue weighted by molar-refractivity contribution is 7.91. The molecule has 0 aliphatic heterocycles. The minimum atomic E-state index is -4.69. The summed E-state index contributed by atoms with van der Waals surface area (Å²) < 4.78 is 69.2. The van der Waals surface area contributed by atoms with Crippen LogP contribution in [0.1, 0.15) is 36.8 Å². The molecule has 14 heteroatoms. The minimum Gasteiger partial charge on any atom is -0.326 e. The summed E-state index contributed by atoms with van der Waals surface area (Å²) in [5, 5.41) is 2.14. The van der Waals surface area contributed by atoms with Crippen molar-refractivity contribution in [2.24, 2.45) is 25.9 Å². The number of hydrogen-bond acceptors (Lipinski definition) is 6. The first-order valence-electron chi connectivity index (χ1n) is 12.2. The van der Waals surface area contributed by atoms with Gasteiger partial charge in [-0.25, -0.2) is 13.2 Å². The van der Waals surface area contributed by atoms with Gasteiger partial charge in [0.05, 0.1) is 17.9 Å². The van der Waals surface area contributed by atoms with E-state index in [1.54, 1.807) is 0 Å². The predicted molar refractivity (Wildman–Crippen MR) is 135 cm³/mol. The summed E-state index contributed by atoms with van der Waals surface area (Å²) in [5.41, 5.74) is -2.96. The molecule has 206 valence electrons. The van der Waals surface area contributed by atoms with E-state index in [0.29, 0.717) is 12.8 Å². The standard InChI is InChI=1S/C25H24F3N5O5S/c1-31-19-20(30-23(31)39(37,38)13-14-5-6-14)33(24(36)32(2)22(19)35)9-3-4-15-10-17(25(26,27)28)12-18(11-15)29-21(34)16-7-8-16/h10-12,14,16H,5-9,13H2,1-2H3,(H,29,34). The molecule has 2 aromatic heterocycles. The zero-order chi connectivity index (χ0) is 28.3. The molecular formula is C25H24F3N5O5S. The highest BCUT2D eigenvalue weighted by atomic mass is 32.2. The number of benzene rings is 1. The number of fused-ring (bicyclic) bond motifs is 1. The van der Waals surface area contributed by atoms with Crippen LogP contribution in [-0.4, -0.2) is 38.8 Å². The third-order valence-electron chi connectivity index (χ3n) is 6.69. The van der Waals surface area contributed by atoms with Gasteiger partial charge in [0.1, 0.15) is 0 Å². The maximum absolute atomic E-state index is 13.5. The summed E-state index contributed by atoms with van der Waals surface area (Å²) in [4.78, 5) is 41.9. The Hall–Kier alpha value is -3.86. The molecule has 0 bridgehead atoms. The summed E-state index contributed by atoms with van der Waals surface area (Å²) in [6.07, 6.45) is -1.76. The highest BCUT2D eigenvalue weighted by Crippen LogP contribution is 2.34. The van der Waals surface area contributed by atoms with E-state index in [1.165, 1.54) is 20.2 Å². The van der Waals surface area contributed by atoms with E-state index in [-0.39, 0.29) is 57.6 Å². The van der Waals surface area contributed by atoms with Gasteiger partial charge in [0.15, 0.2) is 11.2 Å². The zero-order valence-corrected chi connectivity index (χ0v) is 21.8. The number of carbonyl (C=O) groups is 1. The van der Waals surface area contributed by atoms with E-state index in [1.807, 2.05) is 0 Å². The lowest BCUT2D eigenvalue weighted by Crippen LogP contribution is -2.38. The Morgan fingerprint density at radius 3 is 2.41 bits per heavy atom. The van der Waals surface area contributed by atoms with Crippen LogP contribution in [0.2, 0.25) is 0 Å². The molecule has 39 heavy (non-hydrogen) atoms. The monoisotopic (exact) mass is 563 g/mol. The Morgan fingerprint density at radius 1 is 1.10 bits per heavy atom. The van der Waals surface area contributed by atoms with E-state index in [0.717, 1.165) is 38.7 Å². The van der Waals surface area contributed by atoms with Gasteiger partial charge in [-0.1, -0.05) is 11.8 Å². The van der Waals surface area contributed by atoms with Crippen molar-refractivity contribution in [1.82, 2.24) is 18.7 Å². The molecule has 2 aliphatic rings. The van der Waals surface area contributed by atoms with Crippen LogP contribution in [0.25, 0.3) is 11.2 Å². The summed E-state index contributed by atoms with van der Waals surface area (Å²) in [6.45, 7) is -0.386. The van der Waals surface area contributed by atoms with Gasteiger partial charge in [0.2, 0.25) is 20.9 Å². The molecular weight excluding hydrogens is 539 g/mol. The maximum atomic E-state index is 13.5. The average Bonchev–Trinajstić information content (AvgIpc) is 3.78. The normalized spacial score (nSPS) is 15.7. The van der Waals surface area contributed by atoms with Crippen molar-refractivity contribution in [1.29, 1.82) is 0 Å². The zero-order valence-electron chi connectivity index (χ0n) is 21.0. The molecule has 2 aliphatic carbocycles. The number of nitrogens with one attached hydrogen (secondary N) is 1. The number of rotatable bonds is 6. The van der Waals surface area contributed by atoms with Crippen LogP contribution in [-0.2, 0) is 41.4 Å². The Morgan fingerprint density at radius 2 is 1.79 bits per heavy atom. The smallest absolute Gasteiger partial charge is 0.326 e. The van der Waals surface area contributed by atoms with Crippen LogP contribution in [0.5, 0.6) is 0 Å². The van der Waals surface area contributed by atoms with E-state index in [4.69, 9.17) is 0 Å². The van der Waals surface area contributed by atoms with Crippen molar-refractivity contribution in [2.45, 2.75) is 43.6 Å². The summed E-state index contributed by atoms with van der Waals surface area (Å²) in [7, 11) is -1.24.